The number of nitrogens with zero attached hydrogens (tertiary/aromatic N) is 2. The lowest BCUT2D eigenvalue weighted by molar-refractivity contribution is -0.117. The average molecular weight is 337 g/mol. The van der Waals surface area contributed by atoms with Crippen molar-refractivity contribution in [1.29, 1.82) is 0 Å². The Morgan fingerprint density at radius 2 is 2.12 bits per heavy atom. The quantitative estimate of drug-likeness (QED) is 0.827. The van der Waals surface area contributed by atoms with E-state index in [0.717, 1.165) is 26.2 Å². The summed E-state index contributed by atoms with van der Waals surface area (Å²) in [6, 6.07) is 5.78. The smallest absolute Gasteiger partial charge is 0.238 e. The molecule has 1 amide bonds. The average Bonchev–Trinajstić information content (AvgIpc) is 2.49. The van der Waals surface area contributed by atoms with Gasteiger partial charge in [-0.1, -0.05) is 13.8 Å². The number of hydrogen-bond acceptors (Lipinski definition) is 4. The number of ether oxygens (including phenoxy) is 1. The summed E-state index contributed by atoms with van der Waals surface area (Å²) >= 11 is 0. The Morgan fingerprint density at radius 1 is 1.42 bits per heavy atom. The van der Waals surface area contributed by atoms with E-state index < -0.39 is 0 Å². The van der Waals surface area contributed by atoms with Crippen LogP contribution in [-0.4, -0.2) is 68.2 Å². The third-order valence-electron chi connectivity index (χ3n) is 3.90. The number of halogens is 1. The summed E-state index contributed by atoms with van der Waals surface area (Å²) in [6.45, 7) is 9.13. The molecule has 1 aliphatic rings. The van der Waals surface area contributed by atoms with E-state index >= 15 is 0 Å². The van der Waals surface area contributed by atoms with Crippen LogP contribution in [0, 0.1) is 11.7 Å². The van der Waals surface area contributed by atoms with Gasteiger partial charge in [0, 0.05) is 31.9 Å². The van der Waals surface area contributed by atoms with Crippen molar-refractivity contribution in [1.82, 2.24) is 9.80 Å². The Balaban J connectivity index is 1.74. The highest BCUT2D eigenvalue weighted by Crippen LogP contribution is 2.10. The molecule has 1 aliphatic heterocycles. The van der Waals surface area contributed by atoms with Crippen molar-refractivity contribution in [2.75, 3.05) is 51.7 Å². The molecule has 134 valence electrons. The molecule has 0 spiro atoms. The second kappa shape index (κ2) is 9.11. The molecule has 5 nitrogen and oxygen atoms in total. The van der Waals surface area contributed by atoms with E-state index in [1.54, 1.807) is 12.1 Å². The van der Waals surface area contributed by atoms with Gasteiger partial charge >= 0.3 is 0 Å². The van der Waals surface area contributed by atoms with E-state index in [1.165, 1.54) is 12.1 Å². The number of carbonyl (C=O) groups excluding carboxylic acids is 1. The summed E-state index contributed by atoms with van der Waals surface area (Å²) in [5, 5.41) is 2.77. The molecule has 1 aromatic carbocycles. The van der Waals surface area contributed by atoms with E-state index in [1.807, 2.05) is 11.9 Å². The van der Waals surface area contributed by atoms with Gasteiger partial charge in [0.1, 0.15) is 5.82 Å². The standard InChI is InChI=1S/C18H28FN3O2/c1-14(2)10-22-8-9-24-17(12-22)11-21(3)13-18(23)20-16-6-4-15(19)5-7-16/h4-7,14,17H,8-13H2,1-3H3,(H,20,23)/t17-/m1/s1. The number of rotatable bonds is 7. The summed E-state index contributed by atoms with van der Waals surface area (Å²) < 4.78 is 18.7. The first-order chi connectivity index (χ1) is 11.4. The minimum atomic E-state index is -0.314. The van der Waals surface area contributed by atoms with E-state index in [0.29, 0.717) is 18.2 Å². The van der Waals surface area contributed by atoms with Gasteiger partial charge in [0.25, 0.3) is 0 Å². The van der Waals surface area contributed by atoms with Crippen molar-refractivity contribution in [2.24, 2.45) is 5.92 Å². The lowest BCUT2D eigenvalue weighted by Crippen LogP contribution is -2.48. The fourth-order valence-corrected chi connectivity index (χ4v) is 2.96. The Bertz CT molecular complexity index is 522. The Labute approximate surface area is 143 Å². The number of benzene rings is 1. The van der Waals surface area contributed by atoms with Crippen LogP contribution in [0.25, 0.3) is 0 Å². The van der Waals surface area contributed by atoms with Crippen LogP contribution in [-0.2, 0) is 9.53 Å². The lowest BCUT2D eigenvalue weighted by atomic mass is 10.1. The van der Waals surface area contributed by atoms with Crippen LogP contribution in [0.4, 0.5) is 10.1 Å². The topological polar surface area (TPSA) is 44.8 Å². The van der Waals surface area contributed by atoms with Gasteiger partial charge in [-0.25, -0.2) is 4.39 Å². The number of hydrogen-bond donors (Lipinski definition) is 1. The van der Waals surface area contributed by atoms with Crippen LogP contribution in [0.15, 0.2) is 24.3 Å². The first-order valence-electron chi connectivity index (χ1n) is 8.50. The molecule has 1 aromatic rings. The zero-order valence-corrected chi connectivity index (χ0v) is 14.8. The molecule has 1 fully saturated rings. The summed E-state index contributed by atoms with van der Waals surface area (Å²) in [5.41, 5.74) is 0.604. The summed E-state index contributed by atoms with van der Waals surface area (Å²) in [4.78, 5) is 16.4. The maximum atomic E-state index is 12.9. The number of nitrogens with one attached hydrogen (secondary N) is 1. The van der Waals surface area contributed by atoms with Gasteiger partial charge in [-0.2, -0.15) is 0 Å². The molecule has 0 bridgehead atoms. The highest BCUT2D eigenvalue weighted by Gasteiger charge is 2.22. The van der Waals surface area contributed by atoms with Gasteiger partial charge in [-0.05, 0) is 37.2 Å². The second-order valence-corrected chi connectivity index (χ2v) is 6.90. The first-order valence-corrected chi connectivity index (χ1v) is 8.50. The molecule has 2 rings (SSSR count). The largest absolute Gasteiger partial charge is 0.374 e. The predicted molar refractivity (Wildman–Crippen MR) is 93.5 cm³/mol. The summed E-state index contributed by atoms with van der Waals surface area (Å²) in [5.74, 6) is 0.215. The molecule has 1 heterocycles. The number of anilines is 1. The molecular formula is C18H28FN3O2. The predicted octanol–water partition coefficient (Wildman–Crippen LogP) is 2.05. The number of likely N-dealkylation sites (N-methyl/N-ethyl adjacent to an activating group) is 1. The van der Waals surface area contributed by atoms with Crippen molar-refractivity contribution in [2.45, 2.75) is 20.0 Å². The molecule has 0 unspecified atom stereocenters. The monoisotopic (exact) mass is 337 g/mol. The SMILES string of the molecule is CC(C)CN1CCO[C@H](CN(C)CC(=O)Nc2ccc(F)cc2)C1. The maximum Gasteiger partial charge on any atom is 0.238 e. The molecule has 1 atom stereocenters. The van der Waals surface area contributed by atoms with E-state index in [9.17, 15) is 9.18 Å². The molecule has 0 radical (unpaired) electrons. The van der Waals surface area contributed by atoms with Crippen molar-refractivity contribution < 1.29 is 13.9 Å². The Morgan fingerprint density at radius 3 is 2.79 bits per heavy atom. The molecular weight excluding hydrogens is 309 g/mol. The third kappa shape index (κ3) is 6.55. The highest BCUT2D eigenvalue weighted by atomic mass is 19.1. The second-order valence-electron chi connectivity index (χ2n) is 6.90. The molecule has 1 N–H and O–H groups in total. The van der Waals surface area contributed by atoms with Gasteiger partial charge in [0.05, 0.1) is 19.3 Å². The van der Waals surface area contributed by atoms with E-state index in [-0.39, 0.29) is 24.4 Å². The fourth-order valence-electron chi connectivity index (χ4n) is 2.96. The van der Waals surface area contributed by atoms with Gasteiger partial charge in [-0.15, -0.1) is 0 Å². The van der Waals surface area contributed by atoms with Gasteiger partial charge in [0.15, 0.2) is 0 Å². The molecule has 0 saturated carbocycles. The van der Waals surface area contributed by atoms with Gasteiger partial charge < -0.3 is 10.1 Å². The molecule has 0 aromatic heterocycles. The Hall–Kier alpha value is -1.50. The maximum absolute atomic E-state index is 12.9. The van der Waals surface area contributed by atoms with Crippen LogP contribution in [0.2, 0.25) is 0 Å². The van der Waals surface area contributed by atoms with Crippen LogP contribution >= 0.6 is 0 Å². The molecule has 1 saturated heterocycles. The first kappa shape index (κ1) is 18.8. The number of morpholine rings is 1. The molecule has 0 aliphatic carbocycles. The van der Waals surface area contributed by atoms with Gasteiger partial charge in [0.2, 0.25) is 5.91 Å². The summed E-state index contributed by atoms with van der Waals surface area (Å²) in [6.07, 6.45) is 0.126. The number of amides is 1. The van der Waals surface area contributed by atoms with Gasteiger partial charge in [-0.3, -0.25) is 14.6 Å². The minimum Gasteiger partial charge on any atom is -0.374 e. The Kier molecular flexibility index (Phi) is 7.15. The zero-order chi connectivity index (χ0) is 17.5. The van der Waals surface area contributed by atoms with Crippen LogP contribution in [0.5, 0.6) is 0 Å². The fraction of sp³-hybridized carbons (Fsp3) is 0.611. The molecule has 24 heavy (non-hydrogen) atoms. The van der Waals surface area contributed by atoms with Crippen molar-refractivity contribution in [3.63, 3.8) is 0 Å². The van der Waals surface area contributed by atoms with Crippen LogP contribution in [0.1, 0.15) is 13.8 Å². The van der Waals surface area contributed by atoms with E-state index in [2.05, 4.69) is 24.1 Å². The normalized spacial score (nSPS) is 19.0. The lowest BCUT2D eigenvalue weighted by Gasteiger charge is -2.35. The van der Waals surface area contributed by atoms with Crippen molar-refractivity contribution >= 4 is 11.6 Å². The number of carbonyl (C=O) groups is 1. The zero-order valence-electron chi connectivity index (χ0n) is 14.8. The van der Waals surface area contributed by atoms with Crippen LogP contribution in [0.3, 0.4) is 0 Å². The van der Waals surface area contributed by atoms with E-state index in [4.69, 9.17) is 4.74 Å². The minimum absolute atomic E-state index is 0.112. The highest BCUT2D eigenvalue weighted by molar-refractivity contribution is 5.92. The third-order valence-corrected chi connectivity index (χ3v) is 3.90. The van der Waals surface area contributed by atoms with Crippen LogP contribution < -0.4 is 5.32 Å². The van der Waals surface area contributed by atoms with Crippen molar-refractivity contribution in [3.05, 3.63) is 30.1 Å². The van der Waals surface area contributed by atoms with Crippen molar-refractivity contribution in [3.8, 4) is 0 Å². The molecule has 6 heteroatoms. The summed E-state index contributed by atoms with van der Waals surface area (Å²) in [7, 11) is 1.91.